The lowest BCUT2D eigenvalue weighted by Gasteiger charge is -2.11. The number of rotatable bonds is 7. The van der Waals surface area contributed by atoms with Crippen LogP contribution in [0.1, 0.15) is 12.0 Å². The smallest absolute Gasteiger partial charge is 0.244 e. The zero-order valence-corrected chi connectivity index (χ0v) is 14.9. The van der Waals surface area contributed by atoms with E-state index >= 15 is 0 Å². The molecule has 0 aliphatic heterocycles. The maximum atomic E-state index is 12.4. The van der Waals surface area contributed by atoms with Gasteiger partial charge in [0.05, 0.1) is 7.11 Å². The fourth-order valence-electron chi connectivity index (χ4n) is 2.09. The van der Waals surface area contributed by atoms with Crippen LogP contribution in [0.2, 0.25) is 10.0 Å². The van der Waals surface area contributed by atoms with Gasteiger partial charge in [-0.05, 0) is 48.7 Å². The molecular formula is C16H17Cl2NO3S. The number of sulfonamides is 1. The Kier molecular flexibility index (Phi) is 6.30. The van der Waals surface area contributed by atoms with E-state index in [0.29, 0.717) is 23.0 Å². The number of benzene rings is 2. The van der Waals surface area contributed by atoms with E-state index in [0.717, 1.165) is 12.0 Å². The first kappa shape index (κ1) is 18.1. The molecule has 0 aliphatic rings. The van der Waals surface area contributed by atoms with Crippen molar-refractivity contribution in [2.45, 2.75) is 17.7 Å². The minimum Gasteiger partial charge on any atom is -0.495 e. The third-order valence-electron chi connectivity index (χ3n) is 3.26. The molecule has 2 aromatic rings. The lowest BCUT2D eigenvalue weighted by atomic mass is 10.1. The van der Waals surface area contributed by atoms with Gasteiger partial charge < -0.3 is 4.74 Å². The van der Waals surface area contributed by atoms with Gasteiger partial charge in [-0.1, -0.05) is 35.3 Å². The van der Waals surface area contributed by atoms with Crippen LogP contribution < -0.4 is 9.46 Å². The summed E-state index contributed by atoms with van der Waals surface area (Å²) < 4.78 is 32.4. The zero-order chi connectivity index (χ0) is 16.9. The Morgan fingerprint density at radius 1 is 1.04 bits per heavy atom. The molecule has 0 saturated heterocycles. The van der Waals surface area contributed by atoms with Crippen LogP contribution in [-0.2, 0) is 16.4 Å². The summed E-state index contributed by atoms with van der Waals surface area (Å²) in [5, 5.41) is 1.02. The van der Waals surface area contributed by atoms with Crippen LogP contribution in [-0.4, -0.2) is 22.1 Å². The summed E-state index contributed by atoms with van der Waals surface area (Å²) in [4.78, 5) is 0.0407. The molecule has 0 spiro atoms. The van der Waals surface area contributed by atoms with Crippen LogP contribution in [0, 0.1) is 0 Å². The molecule has 7 heteroatoms. The fourth-order valence-corrected chi connectivity index (χ4v) is 3.72. The molecule has 0 bridgehead atoms. The summed E-state index contributed by atoms with van der Waals surface area (Å²) in [6.45, 7) is 0.320. The number of hydrogen-bond donors (Lipinski definition) is 1. The summed E-state index contributed by atoms with van der Waals surface area (Å²) in [5.74, 6) is 0.264. The number of hydrogen-bond acceptors (Lipinski definition) is 3. The van der Waals surface area contributed by atoms with E-state index in [1.165, 1.54) is 19.2 Å². The quantitative estimate of drug-likeness (QED) is 0.748. The van der Waals surface area contributed by atoms with Crippen LogP contribution >= 0.6 is 23.2 Å². The van der Waals surface area contributed by atoms with Gasteiger partial charge in [-0.25, -0.2) is 13.1 Å². The maximum absolute atomic E-state index is 12.4. The fraction of sp³-hybridized carbons (Fsp3) is 0.250. The van der Waals surface area contributed by atoms with Crippen LogP contribution in [0.25, 0.3) is 0 Å². The molecule has 2 aromatic carbocycles. The highest BCUT2D eigenvalue weighted by Crippen LogP contribution is 2.26. The summed E-state index contributed by atoms with van der Waals surface area (Å²) in [7, 11) is -2.25. The van der Waals surface area contributed by atoms with Crippen molar-refractivity contribution in [2.75, 3.05) is 13.7 Å². The van der Waals surface area contributed by atoms with Gasteiger partial charge in [-0.15, -0.1) is 0 Å². The van der Waals surface area contributed by atoms with Crippen LogP contribution in [0.5, 0.6) is 5.75 Å². The SMILES string of the molecule is COc1ccc(Cl)cc1S(=O)(=O)NCCCc1ccc(Cl)cc1. The highest BCUT2D eigenvalue weighted by molar-refractivity contribution is 7.89. The minimum absolute atomic E-state index is 0.0407. The second-order valence-corrected chi connectivity index (χ2v) is 7.53. The third-order valence-corrected chi connectivity index (χ3v) is 5.23. The second kappa shape index (κ2) is 8.02. The molecule has 0 radical (unpaired) electrons. The van der Waals surface area contributed by atoms with Crippen molar-refractivity contribution in [1.29, 1.82) is 0 Å². The average Bonchev–Trinajstić information content (AvgIpc) is 2.53. The topological polar surface area (TPSA) is 55.4 Å². The molecule has 23 heavy (non-hydrogen) atoms. The van der Waals surface area contributed by atoms with E-state index in [1.807, 2.05) is 24.3 Å². The van der Waals surface area contributed by atoms with E-state index in [9.17, 15) is 8.42 Å². The highest BCUT2D eigenvalue weighted by atomic mass is 35.5. The number of nitrogens with one attached hydrogen (secondary N) is 1. The Balaban J connectivity index is 1.96. The van der Waals surface area contributed by atoms with Crippen molar-refractivity contribution in [3.05, 3.63) is 58.1 Å². The first-order valence-electron chi connectivity index (χ1n) is 7.00. The van der Waals surface area contributed by atoms with Gasteiger partial charge in [0.25, 0.3) is 0 Å². The van der Waals surface area contributed by atoms with Crippen LogP contribution in [0.15, 0.2) is 47.4 Å². The molecule has 0 saturated carbocycles. The molecule has 2 rings (SSSR count). The molecule has 0 unspecified atom stereocenters. The molecule has 0 aliphatic carbocycles. The molecule has 0 heterocycles. The largest absolute Gasteiger partial charge is 0.495 e. The van der Waals surface area contributed by atoms with E-state index in [-0.39, 0.29) is 10.6 Å². The van der Waals surface area contributed by atoms with Crippen molar-refractivity contribution in [1.82, 2.24) is 4.72 Å². The third kappa shape index (κ3) is 5.11. The number of aryl methyl sites for hydroxylation is 1. The predicted molar refractivity (Wildman–Crippen MR) is 93.0 cm³/mol. The van der Waals surface area contributed by atoms with Crippen molar-refractivity contribution in [2.24, 2.45) is 0 Å². The first-order valence-corrected chi connectivity index (χ1v) is 9.24. The molecule has 124 valence electrons. The Morgan fingerprint density at radius 3 is 2.35 bits per heavy atom. The zero-order valence-electron chi connectivity index (χ0n) is 12.6. The predicted octanol–water partition coefficient (Wildman–Crippen LogP) is 3.91. The van der Waals surface area contributed by atoms with Gasteiger partial charge in [-0.2, -0.15) is 0 Å². The first-order chi connectivity index (χ1) is 10.9. The Bertz CT molecular complexity index is 761. The summed E-state index contributed by atoms with van der Waals surface area (Å²) in [6, 6.07) is 12.0. The summed E-state index contributed by atoms with van der Waals surface area (Å²) >= 11 is 11.7. The van der Waals surface area contributed by atoms with E-state index in [2.05, 4.69) is 4.72 Å². The molecule has 0 amide bonds. The summed E-state index contributed by atoms with van der Waals surface area (Å²) in [6.07, 6.45) is 1.43. The van der Waals surface area contributed by atoms with Crippen molar-refractivity contribution >= 4 is 33.2 Å². The van der Waals surface area contributed by atoms with E-state index < -0.39 is 10.0 Å². The number of ether oxygens (including phenoxy) is 1. The number of halogens is 2. The van der Waals surface area contributed by atoms with E-state index in [1.54, 1.807) is 6.07 Å². The lowest BCUT2D eigenvalue weighted by Crippen LogP contribution is -2.25. The minimum atomic E-state index is -3.67. The average molecular weight is 374 g/mol. The van der Waals surface area contributed by atoms with Gasteiger partial charge in [-0.3, -0.25) is 0 Å². The van der Waals surface area contributed by atoms with Crippen molar-refractivity contribution in [3.63, 3.8) is 0 Å². The van der Waals surface area contributed by atoms with Crippen LogP contribution in [0.3, 0.4) is 0 Å². The second-order valence-electron chi connectivity index (χ2n) is 4.92. The molecule has 0 aromatic heterocycles. The van der Waals surface area contributed by atoms with Gasteiger partial charge in [0, 0.05) is 16.6 Å². The number of methoxy groups -OCH3 is 1. The molecular weight excluding hydrogens is 357 g/mol. The maximum Gasteiger partial charge on any atom is 0.244 e. The summed E-state index contributed by atoms with van der Waals surface area (Å²) in [5.41, 5.74) is 1.11. The Hall–Kier alpha value is -1.27. The molecule has 0 fully saturated rings. The Morgan fingerprint density at radius 2 is 1.70 bits per heavy atom. The van der Waals surface area contributed by atoms with Gasteiger partial charge in [0.1, 0.15) is 10.6 Å². The van der Waals surface area contributed by atoms with E-state index in [4.69, 9.17) is 27.9 Å². The van der Waals surface area contributed by atoms with Crippen molar-refractivity contribution < 1.29 is 13.2 Å². The standard InChI is InChI=1S/C16H17Cl2NO3S/c1-22-15-9-8-14(18)11-16(15)23(20,21)19-10-2-3-12-4-6-13(17)7-5-12/h4-9,11,19H,2-3,10H2,1H3. The molecule has 0 atom stereocenters. The monoisotopic (exact) mass is 373 g/mol. The highest BCUT2D eigenvalue weighted by Gasteiger charge is 2.19. The molecule has 1 N–H and O–H groups in total. The van der Waals surface area contributed by atoms with Crippen molar-refractivity contribution in [3.8, 4) is 5.75 Å². The molecule has 4 nitrogen and oxygen atoms in total. The van der Waals surface area contributed by atoms with Gasteiger partial charge in [0.15, 0.2) is 0 Å². The van der Waals surface area contributed by atoms with Gasteiger partial charge in [0.2, 0.25) is 10.0 Å². The lowest BCUT2D eigenvalue weighted by molar-refractivity contribution is 0.402. The Labute approximate surface area is 146 Å². The van der Waals surface area contributed by atoms with Gasteiger partial charge >= 0.3 is 0 Å². The van der Waals surface area contributed by atoms with Crippen LogP contribution in [0.4, 0.5) is 0 Å². The normalized spacial score (nSPS) is 11.4.